The van der Waals surface area contributed by atoms with Crippen molar-refractivity contribution in [1.29, 1.82) is 0 Å². The Morgan fingerprint density at radius 3 is 2.55 bits per heavy atom. The van der Waals surface area contributed by atoms with E-state index >= 15 is 0 Å². The average molecular weight is 398 g/mol. The normalized spacial score (nSPS) is 13.4. The van der Waals surface area contributed by atoms with E-state index in [1.165, 1.54) is 0 Å². The van der Waals surface area contributed by atoms with Gasteiger partial charge in [-0.1, -0.05) is 43.4 Å². The Hall–Kier alpha value is -2.60. The van der Waals surface area contributed by atoms with Gasteiger partial charge in [-0.05, 0) is 60.8 Å². The molecule has 1 unspecified atom stereocenters. The fourth-order valence-electron chi connectivity index (χ4n) is 2.97. The number of para-hydroxylation sites is 1. The van der Waals surface area contributed by atoms with Gasteiger partial charge < -0.3 is 24.5 Å². The molecule has 156 valence electrons. The van der Waals surface area contributed by atoms with Gasteiger partial charge in [0.2, 0.25) is 0 Å². The van der Waals surface area contributed by atoms with E-state index in [0.717, 1.165) is 17.7 Å². The molecule has 0 radical (unpaired) electrons. The third kappa shape index (κ3) is 7.38. The number of furan rings is 1. The van der Waals surface area contributed by atoms with Crippen molar-refractivity contribution in [2.45, 2.75) is 38.9 Å². The van der Waals surface area contributed by atoms with E-state index in [-0.39, 0.29) is 19.8 Å². The minimum Gasteiger partial charge on any atom is -0.489 e. The number of rotatable bonds is 12. The molecule has 2 rings (SSSR count). The molecule has 1 aromatic carbocycles. The summed E-state index contributed by atoms with van der Waals surface area (Å²) in [4.78, 5) is 0. The fourth-order valence-corrected chi connectivity index (χ4v) is 2.97. The predicted molar refractivity (Wildman–Crippen MR) is 114 cm³/mol. The Bertz CT molecular complexity index is 817. The maximum atomic E-state index is 10.7. The van der Waals surface area contributed by atoms with Crippen LogP contribution >= 0.6 is 0 Å². The lowest BCUT2D eigenvalue weighted by atomic mass is 9.95. The predicted octanol–water partition coefficient (Wildman–Crippen LogP) is 4.26. The van der Waals surface area contributed by atoms with Crippen molar-refractivity contribution in [1.82, 2.24) is 0 Å². The number of hydrogen-bond donors (Lipinski definition) is 3. The van der Waals surface area contributed by atoms with Crippen LogP contribution in [-0.4, -0.2) is 34.6 Å². The maximum Gasteiger partial charge on any atom is 0.130 e. The third-order valence-corrected chi connectivity index (χ3v) is 4.61. The second-order valence-electron chi connectivity index (χ2n) is 6.72. The van der Waals surface area contributed by atoms with Gasteiger partial charge in [-0.2, -0.15) is 0 Å². The lowest BCUT2D eigenvalue weighted by molar-refractivity contribution is 0.198. The Morgan fingerprint density at radius 2 is 1.93 bits per heavy atom. The number of ether oxygens (including phenoxy) is 1. The summed E-state index contributed by atoms with van der Waals surface area (Å²) in [7, 11) is 0. The van der Waals surface area contributed by atoms with E-state index in [1.807, 2.05) is 49.4 Å². The minimum atomic E-state index is -0.756. The molecule has 0 bridgehead atoms. The first-order chi connectivity index (χ1) is 14.1. The van der Waals surface area contributed by atoms with Gasteiger partial charge in [0.05, 0.1) is 12.7 Å². The third-order valence-electron chi connectivity index (χ3n) is 4.61. The molecule has 1 heterocycles. The van der Waals surface area contributed by atoms with Crippen molar-refractivity contribution in [2.24, 2.45) is 0 Å². The van der Waals surface area contributed by atoms with Crippen molar-refractivity contribution in [3.8, 4) is 5.75 Å². The van der Waals surface area contributed by atoms with Crippen LogP contribution < -0.4 is 4.74 Å². The molecule has 0 aliphatic heterocycles. The highest BCUT2D eigenvalue weighted by molar-refractivity contribution is 5.47. The summed E-state index contributed by atoms with van der Waals surface area (Å²) < 4.78 is 11.2. The van der Waals surface area contributed by atoms with E-state index < -0.39 is 6.10 Å². The summed E-state index contributed by atoms with van der Waals surface area (Å²) in [6.45, 7) is 6.00. The largest absolute Gasteiger partial charge is 0.489 e. The Morgan fingerprint density at radius 1 is 1.17 bits per heavy atom. The molecule has 0 fully saturated rings. The molecule has 0 aliphatic carbocycles. The highest BCUT2D eigenvalue weighted by Crippen LogP contribution is 2.23. The number of hydrogen-bond acceptors (Lipinski definition) is 5. The van der Waals surface area contributed by atoms with Crippen molar-refractivity contribution in [3.05, 3.63) is 83.4 Å². The standard InChI is InChI=1S/C24H30O5/c1-3-19(15-21-10-11-22(16-26)29-21)9-12-24(27)23(13-14-25)18(2)17-28-20-7-5-4-6-8-20/h4-8,10-11,13,15,24-27H,2-3,9,12,14,16-17H2,1H3/b19-15+,23-13-. The fraction of sp³-hybridized carbons (Fsp3) is 0.333. The van der Waals surface area contributed by atoms with Crippen LogP contribution in [0.2, 0.25) is 0 Å². The smallest absolute Gasteiger partial charge is 0.130 e. The number of aliphatic hydroxyl groups excluding tert-OH is 3. The van der Waals surface area contributed by atoms with Crippen LogP contribution in [0, 0.1) is 0 Å². The minimum absolute atomic E-state index is 0.128. The second-order valence-corrected chi connectivity index (χ2v) is 6.72. The maximum absolute atomic E-state index is 10.7. The number of aliphatic hydroxyl groups is 3. The molecule has 3 N–H and O–H groups in total. The molecule has 0 spiro atoms. The first kappa shape index (κ1) is 22.7. The van der Waals surface area contributed by atoms with E-state index in [0.29, 0.717) is 35.5 Å². The Kier molecular flexibility index (Phi) is 9.44. The molecular formula is C24H30O5. The van der Waals surface area contributed by atoms with Gasteiger partial charge in [0.1, 0.15) is 30.5 Å². The lowest BCUT2D eigenvalue weighted by Gasteiger charge is -2.18. The highest BCUT2D eigenvalue weighted by Gasteiger charge is 2.15. The zero-order valence-electron chi connectivity index (χ0n) is 16.9. The summed E-state index contributed by atoms with van der Waals surface area (Å²) >= 11 is 0. The zero-order valence-corrected chi connectivity index (χ0v) is 16.9. The molecule has 0 saturated carbocycles. The van der Waals surface area contributed by atoms with Crippen molar-refractivity contribution in [3.63, 3.8) is 0 Å². The molecule has 0 amide bonds. The van der Waals surface area contributed by atoms with Gasteiger partial charge in [0.25, 0.3) is 0 Å². The van der Waals surface area contributed by atoms with Crippen molar-refractivity contribution < 1.29 is 24.5 Å². The summed E-state index contributed by atoms with van der Waals surface area (Å²) in [5.74, 6) is 1.94. The monoisotopic (exact) mass is 398 g/mol. The van der Waals surface area contributed by atoms with E-state index in [9.17, 15) is 10.2 Å². The van der Waals surface area contributed by atoms with E-state index in [4.69, 9.17) is 14.3 Å². The molecular weight excluding hydrogens is 368 g/mol. The molecule has 1 atom stereocenters. The summed E-state index contributed by atoms with van der Waals surface area (Å²) in [5, 5.41) is 29.1. The molecule has 5 heteroatoms. The van der Waals surface area contributed by atoms with Crippen molar-refractivity contribution >= 4 is 6.08 Å². The van der Waals surface area contributed by atoms with Crippen LogP contribution in [0.3, 0.4) is 0 Å². The zero-order chi connectivity index (χ0) is 21.1. The van der Waals surface area contributed by atoms with Crippen LogP contribution in [0.25, 0.3) is 6.08 Å². The summed E-state index contributed by atoms with van der Waals surface area (Å²) in [6.07, 6.45) is 4.74. The Balaban J connectivity index is 1.96. The van der Waals surface area contributed by atoms with Crippen LogP contribution in [0.1, 0.15) is 37.7 Å². The van der Waals surface area contributed by atoms with Crippen molar-refractivity contribution in [2.75, 3.05) is 13.2 Å². The second kappa shape index (κ2) is 12.1. The number of benzene rings is 1. The molecule has 1 aromatic heterocycles. The topological polar surface area (TPSA) is 83.1 Å². The average Bonchev–Trinajstić information content (AvgIpc) is 3.21. The Labute approximate surface area is 172 Å². The molecule has 0 aliphatic rings. The van der Waals surface area contributed by atoms with Crippen LogP contribution in [0.4, 0.5) is 0 Å². The van der Waals surface area contributed by atoms with Crippen LogP contribution in [0.15, 0.2) is 76.3 Å². The SMILES string of the molecule is C=C(COc1ccccc1)/C(=C/CO)C(O)CC/C(=C/c1ccc(CO)o1)CC. The van der Waals surface area contributed by atoms with Gasteiger partial charge in [0.15, 0.2) is 0 Å². The molecule has 5 nitrogen and oxygen atoms in total. The first-order valence-corrected chi connectivity index (χ1v) is 9.81. The summed E-state index contributed by atoms with van der Waals surface area (Å²) in [5.41, 5.74) is 2.35. The highest BCUT2D eigenvalue weighted by atomic mass is 16.5. The molecule has 2 aromatic rings. The van der Waals surface area contributed by atoms with Crippen LogP contribution in [-0.2, 0) is 6.61 Å². The molecule has 0 saturated heterocycles. The lowest BCUT2D eigenvalue weighted by Crippen LogP contribution is -2.16. The van der Waals surface area contributed by atoms with Gasteiger partial charge in [0, 0.05) is 0 Å². The molecule has 29 heavy (non-hydrogen) atoms. The number of allylic oxidation sites excluding steroid dienone is 1. The first-order valence-electron chi connectivity index (χ1n) is 9.81. The van der Waals surface area contributed by atoms with Gasteiger partial charge in [-0.3, -0.25) is 0 Å². The van der Waals surface area contributed by atoms with E-state index in [2.05, 4.69) is 6.58 Å². The van der Waals surface area contributed by atoms with Gasteiger partial charge in [-0.15, -0.1) is 0 Å². The summed E-state index contributed by atoms with van der Waals surface area (Å²) in [6, 6.07) is 13.0. The quantitative estimate of drug-likeness (QED) is 0.465. The van der Waals surface area contributed by atoms with Gasteiger partial charge >= 0.3 is 0 Å². The van der Waals surface area contributed by atoms with E-state index in [1.54, 1.807) is 12.1 Å². The van der Waals surface area contributed by atoms with Crippen LogP contribution in [0.5, 0.6) is 5.75 Å². The van der Waals surface area contributed by atoms with Gasteiger partial charge in [-0.25, -0.2) is 0 Å².